The van der Waals surface area contributed by atoms with Gasteiger partial charge in [0.25, 0.3) is 5.56 Å². The second-order valence-corrected chi connectivity index (χ2v) is 3.87. The van der Waals surface area contributed by atoms with Crippen molar-refractivity contribution in [2.24, 2.45) is 5.92 Å². The molecule has 0 aliphatic rings. The van der Waals surface area contributed by atoms with Crippen molar-refractivity contribution in [3.05, 3.63) is 21.6 Å². The summed E-state index contributed by atoms with van der Waals surface area (Å²) < 4.78 is 1.97. The maximum atomic E-state index is 11.3. The molecule has 1 rings (SSSR count). The number of aromatic nitrogens is 2. The molecule has 13 heavy (non-hydrogen) atoms. The molecule has 0 bridgehead atoms. The maximum absolute atomic E-state index is 11.3. The van der Waals surface area contributed by atoms with E-state index in [0.29, 0.717) is 5.92 Å². The molecular weight excluding hydrogens is 164 g/mol. The summed E-state index contributed by atoms with van der Waals surface area (Å²) >= 11 is 0. The number of H-pyrrole nitrogens is 1. The van der Waals surface area contributed by atoms with Gasteiger partial charge in [0.1, 0.15) is 0 Å². The molecule has 0 atom stereocenters. The van der Waals surface area contributed by atoms with Crippen molar-refractivity contribution in [2.75, 3.05) is 0 Å². The molecule has 0 saturated heterocycles. The molecule has 1 aromatic rings. The summed E-state index contributed by atoms with van der Waals surface area (Å²) in [4.78, 5) is 11.3. The van der Waals surface area contributed by atoms with Crippen LogP contribution in [0.15, 0.2) is 4.79 Å². The van der Waals surface area contributed by atoms with E-state index in [2.05, 4.69) is 25.9 Å². The van der Waals surface area contributed by atoms with Crippen molar-refractivity contribution in [3.8, 4) is 0 Å². The lowest BCUT2D eigenvalue weighted by Gasteiger charge is -2.09. The van der Waals surface area contributed by atoms with E-state index < -0.39 is 0 Å². The van der Waals surface area contributed by atoms with Crippen LogP contribution in [0.5, 0.6) is 0 Å². The Morgan fingerprint density at radius 2 is 2.08 bits per heavy atom. The van der Waals surface area contributed by atoms with E-state index in [1.165, 1.54) is 0 Å². The first kappa shape index (κ1) is 10.1. The minimum atomic E-state index is 0.0532. The van der Waals surface area contributed by atoms with Crippen LogP contribution >= 0.6 is 0 Å². The van der Waals surface area contributed by atoms with Gasteiger partial charge in [-0.3, -0.25) is 14.6 Å². The first-order valence-corrected chi connectivity index (χ1v) is 4.84. The van der Waals surface area contributed by atoms with Gasteiger partial charge in [-0.1, -0.05) is 20.8 Å². The lowest BCUT2D eigenvalue weighted by Crippen LogP contribution is -2.11. The summed E-state index contributed by atoms with van der Waals surface area (Å²) in [6.07, 6.45) is 0.914. The number of hydrogen-bond donors (Lipinski definition) is 1. The summed E-state index contributed by atoms with van der Waals surface area (Å²) in [7, 11) is 0. The first-order chi connectivity index (χ1) is 6.06. The van der Waals surface area contributed by atoms with Crippen molar-refractivity contribution in [2.45, 2.75) is 40.7 Å². The first-order valence-electron chi connectivity index (χ1n) is 4.84. The SMILES string of the molecule is CCc1c(C)c(=O)[nH]n1CC(C)C. The number of rotatable bonds is 3. The van der Waals surface area contributed by atoms with Crippen molar-refractivity contribution in [1.82, 2.24) is 9.78 Å². The molecule has 0 aliphatic heterocycles. The maximum Gasteiger partial charge on any atom is 0.267 e. The highest BCUT2D eigenvalue weighted by Gasteiger charge is 2.09. The van der Waals surface area contributed by atoms with Gasteiger partial charge in [0.15, 0.2) is 0 Å². The molecule has 0 radical (unpaired) electrons. The molecule has 0 unspecified atom stereocenters. The molecule has 0 spiro atoms. The molecule has 0 amide bonds. The van der Waals surface area contributed by atoms with Gasteiger partial charge in [0.05, 0.1) is 0 Å². The summed E-state index contributed by atoms with van der Waals surface area (Å²) in [6.45, 7) is 9.15. The van der Waals surface area contributed by atoms with Crippen molar-refractivity contribution >= 4 is 0 Å². The third kappa shape index (κ3) is 2.02. The van der Waals surface area contributed by atoms with Gasteiger partial charge in [-0.15, -0.1) is 0 Å². The number of nitrogens with one attached hydrogen (secondary N) is 1. The topological polar surface area (TPSA) is 37.8 Å². The van der Waals surface area contributed by atoms with Crippen LogP contribution in [-0.2, 0) is 13.0 Å². The van der Waals surface area contributed by atoms with E-state index in [1.807, 2.05) is 11.6 Å². The van der Waals surface area contributed by atoms with Crippen molar-refractivity contribution in [1.29, 1.82) is 0 Å². The number of hydrogen-bond acceptors (Lipinski definition) is 1. The zero-order chi connectivity index (χ0) is 10.0. The lowest BCUT2D eigenvalue weighted by atomic mass is 10.2. The average molecular weight is 182 g/mol. The molecular formula is C10H18N2O. The van der Waals surface area contributed by atoms with Crippen molar-refractivity contribution < 1.29 is 0 Å². The van der Waals surface area contributed by atoms with Gasteiger partial charge in [-0.25, -0.2) is 0 Å². The fraction of sp³-hybridized carbons (Fsp3) is 0.700. The monoisotopic (exact) mass is 182 g/mol. The molecule has 0 aromatic carbocycles. The van der Waals surface area contributed by atoms with Gasteiger partial charge in [-0.05, 0) is 19.3 Å². The van der Waals surface area contributed by atoms with Gasteiger partial charge in [0, 0.05) is 17.8 Å². The number of nitrogens with zero attached hydrogens (tertiary/aromatic N) is 1. The zero-order valence-corrected chi connectivity index (χ0v) is 8.85. The standard InChI is InChI=1S/C10H18N2O/c1-5-9-8(4)10(13)11-12(9)6-7(2)3/h7H,5-6H2,1-4H3,(H,11,13). The van der Waals surface area contributed by atoms with E-state index >= 15 is 0 Å². The van der Waals surface area contributed by atoms with Gasteiger partial charge < -0.3 is 0 Å². The Bertz CT molecular complexity index is 333. The van der Waals surface area contributed by atoms with E-state index in [0.717, 1.165) is 24.2 Å². The summed E-state index contributed by atoms with van der Waals surface area (Å²) in [5.41, 5.74) is 2.05. The molecule has 1 N–H and O–H groups in total. The lowest BCUT2D eigenvalue weighted by molar-refractivity contribution is 0.467. The Labute approximate surface area is 78.8 Å². The molecule has 0 saturated carbocycles. The highest BCUT2D eigenvalue weighted by atomic mass is 16.1. The molecule has 1 heterocycles. The third-order valence-electron chi connectivity index (χ3n) is 2.22. The Balaban J connectivity index is 3.06. The van der Waals surface area contributed by atoms with E-state index in [9.17, 15) is 4.79 Å². The summed E-state index contributed by atoms with van der Waals surface area (Å²) in [5.74, 6) is 0.563. The van der Waals surface area contributed by atoms with Crippen molar-refractivity contribution in [3.63, 3.8) is 0 Å². The predicted molar refractivity (Wildman–Crippen MR) is 54.0 cm³/mol. The Hall–Kier alpha value is -0.990. The minimum absolute atomic E-state index is 0.0532. The van der Waals surface area contributed by atoms with Crippen LogP contribution in [0.4, 0.5) is 0 Å². The largest absolute Gasteiger partial charge is 0.289 e. The second kappa shape index (κ2) is 3.81. The van der Waals surface area contributed by atoms with E-state index in [1.54, 1.807) is 0 Å². The molecule has 1 aromatic heterocycles. The highest BCUT2D eigenvalue weighted by molar-refractivity contribution is 5.15. The highest BCUT2D eigenvalue weighted by Crippen LogP contribution is 2.06. The summed E-state index contributed by atoms with van der Waals surface area (Å²) in [5, 5.41) is 2.86. The van der Waals surface area contributed by atoms with E-state index in [4.69, 9.17) is 0 Å². The predicted octanol–water partition coefficient (Wildman–Crippen LogP) is 1.70. The smallest absolute Gasteiger partial charge is 0.267 e. The molecule has 3 nitrogen and oxygen atoms in total. The van der Waals surface area contributed by atoms with Crippen LogP contribution in [0.3, 0.4) is 0 Å². The number of aromatic amines is 1. The summed E-state index contributed by atoms with van der Waals surface area (Å²) in [6, 6.07) is 0. The van der Waals surface area contributed by atoms with Crippen LogP contribution in [0, 0.1) is 12.8 Å². The Morgan fingerprint density at radius 1 is 1.46 bits per heavy atom. The fourth-order valence-corrected chi connectivity index (χ4v) is 1.58. The normalized spacial score (nSPS) is 11.2. The Kier molecular flexibility index (Phi) is 2.96. The molecule has 3 heteroatoms. The van der Waals surface area contributed by atoms with Gasteiger partial charge >= 0.3 is 0 Å². The van der Waals surface area contributed by atoms with Crippen LogP contribution < -0.4 is 5.56 Å². The van der Waals surface area contributed by atoms with Gasteiger partial charge in [0.2, 0.25) is 0 Å². The quantitative estimate of drug-likeness (QED) is 0.759. The van der Waals surface area contributed by atoms with Crippen LogP contribution in [-0.4, -0.2) is 9.78 Å². The average Bonchev–Trinajstić information content (AvgIpc) is 2.27. The van der Waals surface area contributed by atoms with E-state index in [-0.39, 0.29) is 5.56 Å². The zero-order valence-electron chi connectivity index (χ0n) is 8.85. The minimum Gasteiger partial charge on any atom is -0.289 e. The fourth-order valence-electron chi connectivity index (χ4n) is 1.58. The van der Waals surface area contributed by atoms with Crippen LogP contribution in [0.25, 0.3) is 0 Å². The second-order valence-electron chi connectivity index (χ2n) is 3.87. The Morgan fingerprint density at radius 3 is 2.54 bits per heavy atom. The molecule has 0 aliphatic carbocycles. The third-order valence-corrected chi connectivity index (χ3v) is 2.22. The molecule has 0 fully saturated rings. The molecule has 74 valence electrons. The van der Waals surface area contributed by atoms with Crippen LogP contribution in [0.2, 0.25) is 0 Å². The van der Waals surface area contributed by atoms with Crippen LogP contribution in [0.1, 0.15) is 32.0 Å². The van der Waals surface area contributed by atoms with Gasteiger partial charge in [-0.2, -0.15) is 0 Å².